The molecule has 1 amide bonds. The van der Waals surface area contributed by atoms with E-state index < -0.39 is 34.3 Å². The number of nitrogens with one attached hydrogen (secondary N) is 1. The number of piperidine rings is 1. The number of aliphatic hydroxyl groups is 2. The number of ether oxygens (including phenoxy) is 1. The van der Waals surface area contributed by atoms with E-state index in [0.29, 0.717) is 63.9 Å². The summed E-state index contributed by atoms with van der Waals surface area (Å²) in [5, 5.41) is 22.2. The Balaban J connectivity index is 1.13. The molecule has 3 heterocycles. The number of aliphatic imine (C=N–C) groups is 1. The summed E-state index contributed by atoms with van der Waals surface area (Å²) in [6, 6.07) is 7.73. The van der Waals surface area contributed by atoms with E-state index in [4.69, 9.17) is 14.8 Å². The van der Waals surface area contributed by atoms with Gasteiger partial charge in [0.2, 0.25) is 10.0 Å². The van der Waals surface area contributed by atoms with Gasteiger partial charge in [0.15, 0.2) is 0 Å². The minimum Gasteiger partial charge on any atom is -0.394 e. The van der Waals surface area contributed by atoms with Crippen LogP contribution in [0.1, 0.15) is 56.9 Å². The average Bonchev–Trinajstić information content (AvgIpc) is 3.58. The van der Waals surface area contributed by atoms with Gasteiger partial charge in [-0.05, 0) is 75.0 Å². The standard InChI is InChI=1S/C31H43F3N4O6S/c32-31(33,34)11-8-22-4-6-24(7-5-22)28-35-29(41)30(36-28)12-15-38(16-13-30)45(42,43)19-10-23-2-1-3-27-26(23)9-14-37(27)17-18-44-21-25(40)20-39/h1-3,9,14,22,24-25,39-40H,4-8,10-13,15-21H2,(H,35,36,41). The summed E-state index contributed by atoms with van der Waals surface area (Å²) >= 11 is 0. The molecule has 1 saturated carbocycles. The summed E-state index contributed by atoms with van der Waals surface area (Å²) in [6.45, 7) is 0.978. The van der Waals surface area contributed by atoms with Gasteiger partial charge in [0.05, 0.1) is 25.6 Å². The molecule has 0 radical (unpaired) electrons. The number of benzene rings is 1. The van der Waals surface area contributed by atoms with Gasteiger partial charge in [-0.25, -0.2) is 12.7 Å². The second-order valence-corrected chi connectivity index (χ2v) is 14.7. The maximum absolute atomic E-state index is 13.4. The molecular weight excluding hydrogens is 613 g/mol. The largest absolute Gasteiger partial charge is 0.394 e. The molecule has 45 heavy (non-hydrogen) atoms. The quantitative estimate of drug-likeness (QED) is 0.283. The number of carbonyl (C=O) groups excluding carboxylic acids is 1. The Labute approximate surface area is 261 Å². The first-order valence-corrected chi connectivity index (χ1v) is 17.4. The Bertz CT molecular complexity index is 1460. The van der Waals surface area contributed by atoms with Crippen molar-refractivity contribution in [1.82, 2.24) is 14.2 Å². The highest BCUT2D eigenvalue weighted by Crippen LogP contribution is 2.38. The van der Waals surface area contributed by atoms with Crippen molar-refractivity contribution in [2.24, 2.45) is 16.8 Å². The number of amides is 1. The Morgan fingerprint density at radius 3 is 2.56 bits per heavy atom. The summed E-state index contributed by atoms with van der Waals surface area (Å²) in [5.74, 6) is 0.388. The van der Waals surface area contributed by atoms with Crippen LogP contribution in [0.5, 0.6) is 0 Å². The molecule has 1 unspecified atom stereocenters. The molecule has 1 aliphatic carbocycles. The maximum atomic E-state index is 13.4. The van der Waals surface area contributed by atoms with Crippen molar-refractivity contribution in [3.63, 3.8) is 0 Å². The minimum atomic E-state index is -4.14. The number of rotatable bonds is 13. The molecule has 14 heteroatoms. The molecule has 2 aliphatic heterocycles. The second-order valence-electron chi connectivity index (χ2n) is 12.6. The van der Waals surface area contributed by atoms with Crippen LogP contribution in [0.2, 0.25) is 0 Å². The second kappa shape index (κ2) is 14.1. The maximum Gasteiger partial charge on any atom is 0.389 e. The third kappa shape index (κ3) is 8.26. The van der Waals surface area contributed by atoms with Crippen LogP contribution in [0.4, 0.5) is 13.2 Å². The van der Waals surface area contributed by atoms with Crippen LogP contribution < -0.4 is 5.32 Å². The molecule has 1 spiro atoms. The minimum absolute atomic E-state index is 0.0153. The van der Waals surface area contributed by atoms with Crippen LogP contribution in [0.15, 0.2) is 35.5 Å². The smallest absolute Gasteiger partial charge is 0.389 e. The number of carbonyl (C=O) groups is 1. The van der Waals surface area contributed by atoms with Crippen LogP contribution in [-0.2, 0) is 32.5 Å². The molecule has 250 valence electrons. The molecule has 10 nitrogen and oxygen atoms in total. The van der Waals surface area contributed by atoms with Gasteiger partial charge in [-0.1, -0.05) is 12.1 Å². The zero-order chi connectivity index (χ0) is 32.2. The Kier molecular flexibility index (Phi) is 10.6. The number of nitrogens with zero attached hydrogens (tertiary/aromatic N) is 3. The van der Waals surface area contributed by atoms with Gasteiger partial charge in [-0.3, -0.25) is 9.79 Å². The third-order valence-corrected chi connectivity index (χ3v) is 11.4. The van der Waals surface area contributed by atoms with Crippen molar-refractivity contribution < 1.29 is 41.3 Å². The molecule has 1 saturated heterocycles. The van der Waals surface area contributed by atoms with Gasteiger partial charge < -0.3 is 24.8 Å². The molecule has 3 aliphatic rings. The van der Waals surface area contributed by atoms with E-state index in [2.05, 4.69) is 5.32 Å². The van der Waals surface area contributed by atoms with E-state index in [1.165, 1.54) is 4.31 Å². The molecule has 1 atom stereocenters. The Morgan fingerprint density at radius 1 is 1.13 bits per heavy atom. The lowest BCUT2D eigenvalue weighted by molar-refractivity contribution is -0.138. The van der Waals surface area contributed by atoms with Crippen LogP contribution in [-0.4, -0.2) is 95.7 Å². The van der Waals surface area contributed by atoms with Gasteiger partial charge >= 0.3 is 6.18 Å². The van der Waals surface area contributed by atoms with Crippen LogP contribution in [0.3, 0.4) is 0 Å². The third-order valence-electron chi connectivity index (χ3n) is 9.54. The highest BCUT2D eigenvalue weighted by atomic mass is 32.2. The van der Waals surface area contributed by atoms with Crippen LogP contribution in [0.25, 0.3) is 10.9 Å². The number of aliphatic hydroxyl groups excluding tert-OH is 2. The number of amidine groups is 1. The van der Waals surface area contributed by atoms with Gasteiger partial charge in [0.1, 0.15) is 17.5 Å². The number of hydrogen-bond acceptors (Lipinski definition) is 7. The normalized spacial score (nSPS) is 23.4. The fourth-order valence-electron chi connectivity index (χ4n) is 6.80. The fourth-order valence-corrected chi connectivity index (χ4v) is 8.28. The molecule has 2 aromatic rings. The lowest BCUT2D eigenvalue weighted by atomic mass is 9.79. The summed E-state index contributed by atoms with van der Waals surface area (Å²) in [5.41, 5.74) is 0.882. The lowest BCUT2D eigenvalue weighted by Gasteiger charge is -2.34. The number of sulfonamides is 1. The zero-order valence-electron chi connectivity index (χ0n) is 25.3. The van der Waals surface area contributed by atoms with E-state index >= 15 is 0 Å². The summed E-state index contributed by atoms with van der Waals surface area (Å²) in [6.07, 6.45) is -0.105. The average molecular weight is 657 g/mol. The van der Waals surface area contributed by atoms with Crippen LogP contribution in [0, 0.1) is 11.8 Å². The van der Waals surface area contributed by atoms with Crippen molar-refractivity contribution in [1.29, 1.82) is 0 Å². The molecule has 1 aromatic heterocycles. The summed E-state index contributed by atoms with van der Waals surface area (Å²) in [7, 11) is -3.59. The molecule has 5 rings (SSSR count). The number of hydrogen-bond donors (Lipinski definition) is 3. The monoisotopic (exact) mass is 656 g/mol. The first-order valence-electron chi connectivity index (χ1n) is 15.8. The van der Waals surface area contributed by atoms with Crippen molar-refractivity contribution >= 4 is 32.7 Å². The molecule has 1 aromatic carbocycles. The highest BCUT2D eigenvalue weighted by molar-refractivity contribution is 7.89. The molecular formula is C31H43F3N4O6S. The van der Waals surface area contributed by atoms with E-state index in [9.17, 15) is 31.5 Å². The first-order chi connectivity index (χ1) is 21.4. The van der Waals surface area contributed by atoms with Gasteiger partial charge in [0.25, 0.3) is 5.91 Å². The van der Waals surface area contributed by atoms with Gasteiger partial charge in [0, 0.05) is 49.1 Å². The number of aryl methyl sites for hydroxylation is 1. The molecule has 0 bridgehead atoms. The first kappa shape index (κ1) is 33.8. The van der Waals surface area contributed by atoms with E-state index in [0.717, 1.165) is 16.5 Å². The Morgan fingerprint density at radius 2 is 1.87 bits per heavy atom. The lowest BCUT2D eigenvalue weighted by Crippen LogP contribution is -2.51. The Hall–Kier alpha value is -2.52. The topological polar surface area (TPSA) is 133 Å². The van der Waals surface area contributed by atoms with E-state index in [-0.39, 0.29) is 56.2 Å². The summed E-state index contributed by atoms with van der Waals surface area (Å²) in [4.78, 5) is 17.9. The SMILES string of the molecule is O=C1NC(C2CCC(CCC(F)(F)F)CC2)=NC12CCN(S(=O)(=O)CCc1cccc3c1ccn3CCOCC(O)CO)CC2. The van der Waals surface area contributed by atoms with Gasteiger partial charge in [-0.2, -0.15) is 13.2 Å². The number of fused-ring (bicyclic) bond motifs is 1. The zero-order valence-corrected chi connectivity index (χ0v) is 26.2. The predicted molar refractivity (Wildman–Crippen MR) is 163 cm³/mol. The van der Waals surface area contributed by atoms with Crippen LogP contribution >= 0.6 is 0 Å². The number of halogens is 3. The van der Waals surface area contributed by atoms with Crippen molar-refractivity contribution in [3.05, 3.63) is 36.0 Å². The van der Waals surface area contributed by atoms with Gasteiger partial charge in [-0.15, -0.1) is 0 Å². The van der Waals surface area contributed by atoms with Crippen molar-refractivity contribution in [3.8, 4) is 0 Å². The highest BCUT2D eigenvalue weighted by Gasteiger charge is 2.48. The summed E-state index contributed by atoms with van der Waals surface area (Å²) < 4.78 is 73.4. The predicted octanol–water partition coefficient (Wildman–Crippen LogP) is 3.40. The van der Waals surface area contributed by atoms with E-state index in [1.807, 2.05) is 35.0 Å². The fraction of sp³-hybridized carbons (Fsp3) is 0.677. The van der Waals surface area contributed by atoms with Crippen molar-refractivity contribution in [2.75, 3.05) is 38.7 Å². The number of aromatic nitrogens is 1. The van der Waals surface area contributed by atoms with Crippen molar-refractivity contribution in [2.45, 2.75) is 82.2 Å². The molecule has 3 N–H and O–H groups in total. The number of alkyl halides is 3. The van der Waals surface area contributed by atoms with E-state index in [1.54, 1.807) is 0 Å². The molecule has 2 fully saturated rings.